The molecule has 2 aromatic rings. The number of hydrogen-bond acceptors (Lipinski definition) is 2. The highest BCUT2D eigenvalue weighted by molar-refractivity contribution is 5.92. The molecule has 0 aromatic heterocycles. The quantitative estimate of drug-likeness (QED) is 0.695. The molecule has 0 heterocycles. The predicted octanol–water partition coefficient (Wildman–Crippen LogP) is 5.06. The maximum atomic E-state index is 13.9. The van der Waals surface area contributed by atoms with Crippen molar-refractivity contribution in [1.29, 1.82) is 0 Å². The fraction of sp³-hybridized carbons (Fsp3) is 0.333. The first-order chi connectivity index (χ1) is 8.58. The van der Waals surface area contributed by atoms with Gasteiger partial charge in [0.15, 0.2) is 0 Å². The van der Waals surface area contributed by atoms with Gasteiger partial charge in [0.2, 0.25) is 0 Å². The summed E-state index contributed by atoms with van der Waals surface area (Å²) in [5.41, 5.74) is 2.10. The van der Waals surface area contributed by atoms with Crippen LogP contribution in [0.5, 0.6) is 0 Å². The van der Waals surface area contributed by atoms with Crippen molar-refractivity contribution in [1.82, 2.24) is 0 Å². The van der Waals surface area contributed by atoms with Crippen LogP contribution in [0.4, 0.5) is 10.1 Å². The zero-order chi connectivity index (χ0) is 13.3. The third-order valence-corrected chi connectivity index (χ3v) is 3.26. The monoisotopic (exact) mass is 245 g/mol. The molecule has 0 atom stereocenters. The molecule has 0 aliphatic heterocycles. The first-order valence-electron chi connectivity index (χ1n) is 6.16. The molecule has 2 aromatic carbocycles. The first-order valence-corrected chi connectivity index (χ1v) is 6.16. The molecule has 0 N–H and O–H groups in total. The third-order valence-electron chi connectivity index (χ3n) is 3.26. The Morgan fingerprint density at radius 3 is 2.56 bits per heavy atom. The van der Waals surface area contributed by atoms with Crippen molar-refractivity contribution in [2.24, 2.45) is 5.18 Å². The highest BCUT2D eigenvalue weighted by atomic mass is 19.1. The second kappa shape index (κ2) is 4.84. The molecule has 18 heavy (non-hydrogen) atoms. The molecule has 94 valence electrons. The van der Waals surface area contributed by atoms with Crippen LogP contribution in [0.1, 0.15) is 37.8 Å². The maximum absolute atomic E-state index is 13.9. The largest absolute Gasteiger partial charge is 0.207 e. The summed E-state index contributed by atoms with van der Waals surface area (Å²) in [5, 5.41) is 4.81. The summed E-state index contributed by atoms with van der Waals surface area (Å²) in [7, 11) is 0. The molecule has 0 aliphatic carbocycles. The molecule has 0 saturated heterocycles. The van der Waals surface area contributed by atoms with Crippen molar-refractivity contribution in [3.63, 3.8) is 0 Å². The Balaban J connectivity index is 2.92. The van der Waals surface area contributed by atoms with Crippen LogP contribution in [-0.2, 0) is 6.42 Å². The number of nitroso groups, excluding NO2 is 1. The van der Waals surface area contributed by atoms with E-state index in [4.69, 9.17) is 0 Å². The van der Waals surface area contributed by atoms with E-state index in [1.54, 1.807) is 18.2 Å². The van der Waals surface area contributed by atoms with E-state index in [2.05, 4.69) is 5.18 Å². The number of nitrogens with zero attached hydrogens (tertiary/aromatic N) is 1. The molecule has 0 amide bonds. The van der Waals surface area contributed by atoms with Gasteiger partial charge in [-0.1, -0.05) is 26.8 Å². The Morgan fingerprint density at radius 1 is 1.28 bits per heavy atom. The van der Waals surface area contributed by atoms with E-state index < -0.39 is 0 Å². The molecule has 0 bridgehead atoms. The zero-order valence-electron chi connectivity index (χ0n) is 10.8. The van der Waals surface area contributed by atoms with Crippen LogP contribution in [0.25, 0.3) is 10.8 Å². The molecule has 0 radical (unpaired) electrons. The average molecular weight is 245 g/mol. The second-order valence-corrected chi connectivity index (χ2v) is 4.76. The minimum Gasteiger partial charge on any atom is -0.207 e. The van der Waals surface area contributed by atoms with Crippen molar-refractivity contribution in [2.45, 2.75) is 33.1 Å². The molecule has 0 aliphatic rings. The van der Waals surface area contributed by atoms with Crippen molar-refractivity contribution >= 4 is 16.5 Å². The molecule has 2 nitrogen and oxygen atoms in total. The van der Waals surface area contributed by atoms with Gasteiger partial charge in [0.05, 0.1) is 0 Å². The van der Waals surface area contributed by atoms with Crippen LogP contribution in [-0.4, -0.2) is 0 Å². The molecule has 2 rings (SSSR count). The van der Waals surface area contributed by atoms with E-state index >= 15 is 0 Å². The summed E-state index contributed by atoms with van der Waals surface area (Å²) in [6.45, 7) is 6.01. The molecule has 0 unspecified atom stereocenters. The lowest BCUT2D eigenvalue weighted by Gasteiger charge is -2.14. The van der Waals surface area contributed by atoms with Gasteiger partial charge in [-0.05, 0) is 57.6 Å². The summed E-state index contributed by atoms with van der Waals surface area (Å²) < 4.78 is 13.9. The van der Waals surface area contributed by atoms with Crippen LogP contribution in [0.3, 0.4) is 0 Å². The summed E-state index contributed by atoms with van der Waals surface area (Å²) in [6, 6.07) is 6.65. The molecule has 0 spiro atoms. The highest BCUT2D eigenvalue weighted by Gasteiger charge is 2.14. The van der Waals surface area contributed by atoms with Crippen molar-refractivity contribution in [3.8, 4) is 0 Å². The lowest BCUT2D eigenvalue weighted by molar-refractivity contribution is 0.614. The van der Waals surface area contributed by atoms with Crippen LogP contribution in [0, 0.1) is 10.7 Å². The van der Waals surface area contributed by atoms with Crippen molar-refractivity contribution < 1.29 is 4.39 Å². The number of fused-ring (bicyclic) bond motifs is 1. The van der Waals surface area contributed by atoms with E-state index in [-0.39, 0.29) is 11.7 Å². The number of rotatable bonds is 3. The van der Waals surface area contributed by atoms with E-state index in [0.717, 1.165) is 16.3 Å². The van der Waals surface area contributed by atoms with Crippen molar-refractivity contribution in [3.05, 3.63) is 46.1 Å². The first kappa shape index (κ1) is 12.7. The van der Waals surface area contributed by atoms with E-state index in [1.807, 2.05) is 20.8 Å². The van der Waals surface area contributed by atoms with Crippen LogP contribution in [0.2, 0.25) is 0 Å². The fourth-order valence-corrected chi connectivity index (χ4v) is 2.39. The van der Waals surface area contributed by atoms with Gasteiger partial charge in [-0.25, -0.2) is 4.39 Å². The predicted molar refractivity (Wildman–Crippen MR) is 72.8 cm³/mol. The summed E-state index contributed by atoms with van der Waals surface area (Å²) in [4.78, 5) is 10.7. The van der Waals surface area contributed by atoms with Gasteiger partial charge in [-0.2, -0.15) is 0 Å². The van der Waals surface area contributed by atoms with Gasteiger partial charge < -0.3 is 0 Å². The van der Waals surface area contributed by atoms with Gasteiger partial charge in [-0.3, -0.25) is 0 Å². The number of aryl methyl sites for hydroxylation is 1. The molecule has 0 saturated carbocycles. The number of halogens is 1. The van der Waals surface area contributed by atoms with Gasteiger partial charge >= 0.3 is 0 Å². The normalized spacial score (nSPS) is 11.2. The minimum absolute atomic E-state index is 0.182. The van der Waals surface area contributed by atoms with Crippen molar-refractivity contribution in [2.75, 3.05) is 0 Å². The Kier molecular flexibility index (Phi) is 3.41. The fourth-order valence-electron chi connectivity index (χ4n) is 2.39. The topological polar surface area (TPSA) is 29.4 Å². The minimum atomic E-state index is -0.182. The Bertz CT molecular complexity index is 605. The molecule has 3 heteroatoms. The Morgan fingerprint density at radius 2 is 2.00 bits per heavy atom. The Hall–Kier alpha value is -1.77. The maximum Gasteiger partial charge on any atom is 0.127 e. The van der Waals surface area contributed by atoms with Gasteiger partial charge in [0, 0.05) is 0 Å². The number of benzene rings is 2. The number of hydrogen-bond donors (Lipinski definition) is 0. The SMILES string of the molecule is CCc1c(F)ccc2cc(N=O)cc(C(C)C)c12. The van der Waals surface area contributed by atoms with Crippen LogP contribution in [0.15, 0.2) is 29.4 Å². The standard InChI is InChI=1S/C15H16FNO/c1-4-12-14(16)6-5-10-7-11(17-18)8-13(9(2)3)15(10)12/h5-9H,4H2,1-3H3. The lowest BCUT2D eigenvalue weighted by atomic mass is 9.91. The van der Waals surface area contributed by atoms with Crippen LogP contribution >= 0.6 is 0 Å². The highest BCUT2D eigenvalue weighted by Crippen LogP contribution is 2.34. The van der Waals surface area contributed by atoms with Gasteiger partial charge in [-0.15, -0.1) is 4.91 Å². The molecule has 0 fully saturated rings. The van der Waals surface area contributed by atoms with Gasteiger partial charge in [0.1, 0.15) is 11.5 Å². The van der Waals surface area contributed by atoms with Gasteiger partial charge in [0.25, 0.3) is 0 Å². The molecular formula is C15H16FNO. The lowest BCUT2D eigenvalue weighted by Crippen LogP contribution is -1.96. The van der Waals surface area contributed by atoms with E-state index in [9.17, 15) is 9.30 Å². The molecular weight excluding hydrogens is 229 g/mol. The third kappa shape index (κ3) is 2.01. The average Bonchev–Trinajstić information content (AvgIpc) is 2.37. The van der Waals surface area contributed by atoms with Crippen LogP contribution < -0.4 is 0 Å². The van der Waals surface area contributed by atoms with E-state index in [1.165, 1.54) is 6.07 Å². The smallest absolute Gasteiger partial charge is 0.127 e. The summed E-state index contributed by atoms with van der Waals surface area (Å²) >= 11 is 0. The summed E-state index contributed by atoms with van der Waals surface area (Å²) in [5.74, 6) is 0.0417. The second-order valence-electron chi connectivity index (χ2n) is 4.76. The Labute approximate surface area is 106 Å². The zero-order valence-corrected chi connectivity index (χ0v) is 10.8. The van der Waals surface area contributed by atoms with E-state index in [0.29, 0.717) is 17.7 Å². The summed E-state index contributed by atoms with van der Waals surface area (Å²) in [6.07, 6.45) is 0.636.